The topological polar surface area (TPSA) is 48.3 Å². The van der Waals surface area contributed by atoms with E-state index in [1.54, 1.807) is 37.6 Å². The molecule has 1 aromatic heterocycles. The molecule has 6 heteroatoms. The predicted molar refractivity (Wildman–Crippen MR) is 93.8 cm³/mol. The van der Waals surface area contributed by atoms with Crippen LogP contribution in [0.15, 0.2) is 39.7 Å². The highest BCUT2D eigenvalue weighted by molar-refractivity contribution is 9.10. The number of halogens is 2. The smallest absolute Gasteiger partial charge is 0.259 e. The van der Waals surface area contributed by atoms with E-state index in [0.717, 1.165) is 18.0 Å². The van der Waals surface area contributed by atoms with Crippen LogP contribution in [0.25, 0.3) is 5.69 Å². The van der Waals surface area contributed by atoms with Crippen molar-refractivity contribution >= 4 is 38.1 Å². The van der Waals surface area contributed by atoms with Gasteiger partial charge in [0.05, 0.1) is 7.11 Å². The number of carbonyl (C=O) groups is 1. The molecule has 0 bridgehead atoms. The molecule has 2 aromatic rings. The minimum atomic E-state index is -0.122. The van der Waals surface area contributed by atoms with Gasteiger partial charge < -0.3 is 4.74 Å². The lowest BCUT2D eigenvalue weighted by Gasteiger charge is -2.12. The quantitative estimate of drug-likeness (QED) is 0.520. The molecule has 22 heavy (non-hydrogen) atoms. The maximum atomic E-state index is 12.7. The zero-order valence-electron chi connectivity index (χ0n) is 12.0. The van der Waals surface area contributed by atoms with Crippen molar-refractivity contribution in [1.82, 2.24) is 4.57 Å². The van der Waals surface area contributed by atoms with Gasteiger partial charge in [0.15, 0.2) is 6.29 Å². The molecule has 4 nitrogen and oxygen atoms in total. The van der Waals surface area contributed by atoms with E-state index in [-0.39, 0.29) is 5.56 Å². The van der Waals surface area contributed by atoms with Crippen LogP contribution in [0.3, 0.4) is 0 Å². The lowest BCUT2D eigenvalue weighted by molar-refractivity contribution is 0.112. The summed E-state index contributed by atoms with van der Waals surface area (Å²) in [6, 6.07) is 7.14. The van der Waals surface area contributed by atoms with Crippen molar-refractivity contribution in [1.29, 1.82) is 0 Å². The minimum Gasteiger partial charge on any atom is -0.497 e. The van der Waals surface area contributed by atoms with Crippen LogP contribution in [0.1, 0.15) is 22.3 Å². The molecule has 0 radical (unpaired) electrons. The fourth-order valence-corrected chi connectivity index (χ4v) is 2.99. The van der Waals surface area contributed by atoms with Crippen LogP contribution in [0, 0.1) is 0 Å². The number of benzene rings is 1. The number of ether oxygens (including phenoxy) is 1. The number of methoxy groups -OCH3 is 1. The number of aromatic nitrogens is 1. The molecule has 0 aliphatic rings. The van der Waals surface area contributed by atoms with Gasteiger partial charge in [-0.15, -0.1) is 0 Å². The van der Waals surface area contributed by atoms with Gasteiger partial charge in [-0.1, -0.05) is 15.9 Å². The molecule has 0 N–H and O–H groups in total. The Morgan fingerprint density at radius 3 is 2.50 bits per heavy atom. The van der Waals surface area contributed by atoms with Crippen LogP contribution in [-0.2, 0) is 6.42 Å². The Bertz CT molecular complexity index is 723. The third kappa shape index (κ3) is 3.50. The van der Waals surface area contributed by atoms with Gasteiger partial charge in [0.25, 0.3) is 5.56 Å². The van der Waals surface area contributed by atoms with Gasteiger partial charge in [-0.25, -0.2) is 0 Å². The summed E-state index contributed by atoms with van der Waals surface area (Å²) in [7, 11) is 1.59. The van der Waals surface area contributed by atoms with Gasteiger partial charge in [-0.2, -0.15) is 0 Å². The minimum absolute atomic E-state index is 0.122. The second-order valence-corrected chi connectivity index (χ2v) is 6.25. The van der Waals surface area contributed by atoms with Crippen molar-refractivity contribution in [3.05, 3.63) is 56.4 Å². The van der Waals surface area contributed by atoms with Crippen molar-refractivity contribution in [3.8, 4) is 11.4 Å². The van der Waals surface area contributed by atoms with Crippen LogP contribution in [0.2, 0.25) is 0 Å². The summed E-state index contributed by atoms with van der Waals surface area (Å²) in [6.07, 6.45) is 3.72. The van der Waals surface area contributed by atoms with Crippen molar-refractivity contribution in [2.45, 2.75) is 12.8 Å². The van der Waals surface area contributed by atoms with E-state index >= 15 is 0 Å². The van der Waals surface area contributed by atoms with Crippen molar-refractivity contribution in [2.75, 3.05) is 12.4 Å². The molecule has 116 valence electrons. The van der Waals surface area contributed by atoms with Gasteiger partial charge in [-0.3, -0.25) is 14.2 Å². The molecule has 0 spiro atoms. The number of pyridine rings is 1. The average Bonchev–Trinajstić information content (AvgIpc) is 2.55. The highest BCUT2D eigenvalue weighted by Crippen LogP contribution is 2.21. The Hall–Kier alpha value is -1.40. The number of rotatable bonds is 6. The first kappa shape index (κ1) is 17.0. The molecule has 0 saturated carbocycles. The van der Waals surface area contributed by atoms with E-state index in [1.807, 2.05) is 0 Å². The summed E-state index contributed by atoms with van der Waals surface area (Å²) >= 11 is 6.74. The molecule has 2 rings (SSSR count). The lowest BCUT2D eigenvalue weighted by atomic mass is 10.1. The second-order valence-electron chi connectivity index (χ2n) is 4.66. The Kier molecular flexibility index (Phi) is 5.97. The Morgan fingerprint density at radius 1 is 1.27 bits per heavy atom. The maximum Gasteiger partial charge on any atom is 0.259 e. The van der Waals surface area contributed by atoms with Gasteiger partial charge in [-0.05, 0) is 53.0 Å². The molecule has 0 atom stereocenters. The van der Waals surface area contributed by atoms with E-state index in [9.17, 15) is 9.59 Å². The van der Waals surface area contributed by atoms with Crippen LogP contribution in [0.5, 0.6) is 5.75 Å². The largest absolute Gasteiger partial charge is 0.497 e. The summed E-state index contributed by atoms with van der Waals surface area (Å²) < 4.78 is 7.20. The average molecular weight is 429 g/mol. The zero-order chi connectivity index (χ0) is 16.1. The molecular formula is C16H15Br2NO3. The number of hydrogen-bond acceptors (Lipinski definition) is 3. The number of carbonyl (C=O) groups excluding carboxylic acids is 1. The van der Waals surface area contributed by atoms with E-state index < -0.39 is 0 Å². The molecule has 1 aromatic carbocycles. The van der Waals surface area contributed by atoms with Gasteiger partial charge in [0, 0.05) is 32.8 Å². The first-order valence-electron chi connectivity index (χ1n) is 6.72. The standard InChI is InChI=1S/C16H15Br2NO3/c1-22-13-6-4-12(5-7-13)19-9-11(10-20)15(18)14(16(19)21)3-2-8-17/h4-7,9-10H,2-3,8H2,1H3. The first-order valence-corrected chi connectivity index (χ1v) is 8.63. The molecular weight excluding hydrogens is 414 g/mol. The highest BCUT2D eigenvalue weighted by atomic mass is 79.9. The summed E-state index contributed by atoms with van der Waals surface area (Å²) in [5, 5.41) is 0.798. The van der Waals surface area contributed by atoms with Crippen LogP contribution in [0.4, 0.5) is 0 Å². The molecule has 0 aliphatic carbocycles. The fourth-order valence-electron chi connectivity index (χ4n) is 2.14. The van der Waals surface area contributed by atoms with Crippen molar-refractivity contribution < 1.29 is 9.53 Å². The summed E-state index contributed by atoms with van der Waals surface area (Å²) in [6.45, 7) is 0. The third-order valence-electron chi connectivity index (χ3n) is 3.30. The normalized spacial score (nSPS) is 10.5. The Balaban J connectivity index is 2.59. The van der Waals surface area contributed by atoms with Crippen molar-refractivity contribution in [3.63, 3.8) is 0 Å². The van der Waals surface area contributed by atoms with Gasteiger partial charge in [0.1, 0.15) is 5.75 Å². The molecule has 0 fully saturated rings. The number of hydrogen-bond donors (Lipinski definition) is 0. The Labute approximate surface area is 145 Å². The van der Waals surface area contributed by atoms with Crippen LogP contribution in [-0.4, -0.2) is 23.3 Å². The van der Waals surface area contributed by atoms with Crippen LogP contribution >= 0.6 is 31.9 Å². The monoisotopic (exact) mass is 427 g/mol. The zero-order valence-corrected chi connectivity index (χ0v) is 15.2. The molecule has 0 saturated heterocycles. The van der Waals surface area contributed by atoms with Crippen molar-refractivity contribution in [2.24, 2.45) is 0 Å². The van der Waals surface area contributed by atoms with E-state index in [2.05, 4.69) is 31.9 Å². The third-order valence-corrected chi connectivity index (χ3v) is 4.80. The summed E-state index contributed by atoms with van der Waals surface area (Å²) in [5.41, 5.74) is 1.64. The SMILES string of the molecule is COc1ccc(-n2cc(C=O)c(Br)c(CCCBr)c2=O)cc1. The summed E-state index contributed by atoms with van der Waals surface area (Å²) in [5.74, 6) is 0.712. The molecule has 0 unspecified atom stereocenters. The molecule has 1 heterocycles. The lowest BCUT2D eigenvalue weighted by Crippen LogP contribution is -2.24. The number of aldehydes is 1. The van der Waals surface area contributed by atoms with Gasteiger partial charge >= 0.3 is 0 Å². The Morgan fingerprint density at radius 2 is 1.95 bits per heavy atom. The van der Waals surface area contributed by atoms with E-state index in [0.29, 0.717) is 33.5 Å². The fraction of sp³-hybridized carbons (Fsp3) is 0.250. The highest BCUT2D eigenvalue weighted by Gasteiger charge is 2.14. The first-order chi connectivity index (χ1) is 10.6. The number of nitrogens with zero attached hydrogens (tertiary/aromatic N) is 1. The molecule has 0 aliphatic heterocycles. The summed E-state index contributed by atoms with van der Waals surface area (Å²) in [4.78, 5) is 24.0. The predicted octanol–water partition coefficient (Wildman–Crippen LogP) is 3.75. The number of alkyl halides is 1. The van der Waals surface area contributed by atoms with Gasteiger partial charge in [0.2, 0.25) is 0 Å². The second kappa shape index (κ2) is 7.74. The van der Waals surface area contributed by atoms with Crippen LogP contribution < -0.4 is 10.3 Å². The maximum absolute atomic E-state index is 12.7. The molecule has 0 amide bonds. The van der Waals surface area contributed by atoms with E-state index in [1.165, 1.54) is 4.57 Å². The van der Waals surface area contributed by atoms with E-state index in [4.69, 9.17) is 4.74 Å².